The van der Waals surface area contributed by atoms with E-state index in [1.165, 1.54) is 19.5 Å². The van der Waals surface area contributed by atoms with Crippen LogP contribution in [0.2, 0.25) is 0 Å². The summed E-state index contributed by atoms with van der Waals surface area (Å²) >= 11 is 0. The van der Waals surface area contributed by atoms with E-state index in [9.17, 15) is 4.79 Å². The van der Waals surface area contributed by atoms with Crippen LogP contribution in [-0.2, 0) is 0 Å². The van der Waals surface area contributed by atoms with Gasteiger partial charge in [0.15, 0.2) is 0 Å². The summed E-state index contributed by atoms with van der Waals surface area (Å²) in [6.45, 7) is 0. The normalized spacial score (nSPS) is 8.42. The lowest BCUT2D eigenvalue weighted by Gasteiger charge is -2.02. The topological polar surface area (TPSA) is 65.2 Å². The summed E-state index contributed by atoms with van der Waals surface area (Å²) < 4.78 is 4.87. The lowest BCUT2D eigenvalue weighted by molar-refractivity contribution is 0.0997. The summed E-state index contributed by atoms with van der Waals surface area (Å²) in [7, 11) is 1.47. The number of rotatable bonds is 2. The first kappa shape index (κ1) is 10.7. The summed E-state index contributed by atoms with van der Waals surface area (Å²) in [5, 5.41) is 0. The molecule has 0 atom stereocenters. The summed E-state index contributed by atoms with van der Waals surface area (Å²) in [4.78, 5) is 14.4. The largest absolute Gasteiger partial charge is 0.496 e. The Morgan fingerprint density at radius 1 is 1.67 bits per heavy atom. The molecule has 1 aromatic rings. The van der Waals surface area contributed by atoms with Crippen LogP contribution >= 0.6 is 12.4 Å². The van der Waals surface area contributed by atoms with E-state index >= 15 is 0 Å². The number of ether oxygens (including phenoxy) is 1. The number of hydrogen-bond acceptors (Lipinski definition) is 3. The predicted molar refractivity (Wildman–Crippen MR) is 46.6 cm³/mol. The highest BCUT2D eigenvalue weighted by molar-refractivity contribution is 5.95. The summed E-state index contributed by atoms with van der Waals surface area (Å²) in [5.74, 6) is -0.0811. The molecule has 0 spiro atoms. The van der Waals surface area contributed by atoms with Crippen molar-refractivity contribution < 1.29 is 9.53 Å². The average molecular weight is 189 g/mol. The number of nitrogens with zero attached hydrogens (tertiary/aromatic N) is 1. The number of primary amides is 1. The molecule has 0 aliphatic rings. The van der Waals surface area contributed by atoms with Gasteiger partial charge in [0.2, 0.25) is 0 Å². The van der Waals surface area contributed by atoms with Gasteiger partial charge in [-0.2, -0.15) is 0 Å². The van der Waals surface area contributed by atoms with Crippen molar-refractivity contribution in [3.63, 3.8) is 0 Å². The quantitative estimate of drug-likeness (QED) is 0.740. The second-order valence-corrected chi connectivity index (χ2v) is 1.94. The zero-order valence-electron chi connectivity index (χ0n) is 6.48. The van der Waals surface area contributed by atoms with Crippen molar-refractivity contribution in [1.29, 1.82) is 0 Å². The van der Waals surface area contributed by atoms with Crippen LogP contribution in [0.25, 0.3) is 0 Å². The molecule has 1 aromatic heterocycles. The van der Waals surface area contributed by atoms with Gasteiger partial charge in [-0.3, -0.25) is 9.78 Å². The first-order valence-electron chi connectivity index (χ1n) is 3.03. The zero-order valence-corrected chi connectivity index (χ0v) is 7.30. The predicted octanol–water partition coefficient (Wildman–Crippen LogP) is 0.611. The highest BCUT2D eigenvalue weighted by atomic mass is 35.5. The Morgan fingerprint density at radius 3 is 2.75 bits per heavy atom. The SMILES string of the molecule is COc1ccncc1C(N)=O.Cl. The van der Waals surface area contributed by atoms with Gasteiger partial charge in [-0.15, -0.1) is 12.4 Å². The average Bonchev–Trinajstić information content (AvgIpc) is 2.04. The summed E-state index contributed by atoms with van der Waals surface area (Å²) in [6, 6.07) is 1.58. The molecule has 12 heavy (non-hydrogen) atoms. The van der Waals surface area contributed by atoms with Gasteiger partial charge in [0.05, 0.1) is 12.7 Å². The van der Waals surface area contributed by atoms with E-state index in [1.807, 2.05) is 0 Å². The first-order valence-corrected chi connectivity index (χ1v) is 3.03. The molecule has 1 heterocycles. The van der Waals surface area contributed by atoms with Crippen LogP contribution in [0.3, 0.4) is 0 Å². The van der Waals surface area contributed by atoms with Crippen LogP contribution in [0.15, 0.2) is 18.5 Å². The van der Waals surface area contributed by atoms with E-state index in [1.54, 1.807) is 6.07 Å². The van der Waals surface area contributed by atoms with Gasteiger partial charge in [-0.05, 0) is 6.07 Å². The molecular weight excluding hydrogens is 180 g/mol. The molecule has 1 amide bonds. The van der Waals surface area contributed by atoms with Gasteiger partial charge in [-0.25, -0.2) is 0 Å². The Balaban J connectivity index is 0.00000121. The van der Waals surface area contributed by atoms with Crippen LogP contribution < -0.4 is 10.5 Å². The molecule has 0 saturated carbocycles. The number of halogens is 1. The van der Waals surface area contributed by atoms with Crippen molar-refractivity contribution in [2.45, 2.75) is 0 Å². The Hall–Kier alpha value is -1.29. The lowest BCUT2D eigenvalue weighted by Crippen LogP contribution is -2.12. The van der Waals surface area contributed by atoms with Crippen molar-refractivity contribution >= 4 is 18.3 Å². The Kier molecular flexibility index (Phi) is 4.07. The van der Waals surface area contributed by atoms with E-state index in [-0.39, 0.29) is 12.4 Å². The number of nitrogens with two attached hydrogens (primary N) is 1. The molecule has 0 aliphatic carbocycles. The molecule has 2 N–H and O–H groups in total. The molecule has 0 bridgehead atoms. The zero-order chi connectivity index (χ0) is 8.27. The molecule has 1 rings (SSSR count). The minimum Gasteiger partial charge on any atom is -0.496 e. The summed E-state index contributed by atoms with van der Waals surface area (Å²) in [5.41, 5.74) is 5.33. The molecule has 0 aliphatic heterocycles. The number of amides is 1. The number of aromatic nitrogens is 1. The molecule has 0 saturated heterocycles. The maximum Gasteiger partial charge on any atom is 0.254 e. The minimum atomic E-state index is -0.532. The minimum absolute atomic E-state index is 0. The third-order valence-electron chi connectivity index (χ3n) is 1.27. The van der Waals surface area contributed by atoms with Gasteiger partial charge in [0.1, 0.15) is 5.75 Å². The monoisotopic (exact) mass is 188 g/mol. The number of methoxy groups -OCH3 is 1. The van der Waals surface area contributed by atoms with E-state index in [0.29, 0.717) is 11.3 Å². The van der Waals surface area contributed by atoms with Gasteiger partial charge < -0.3 is 10.5 Å². The standard InChI is InChI=1S/C7H8N2O2.ClH/c1-11-6-2-3-9-4-5(6)7(8)10;/h2-4H,1H3,(H2,8,10);1H. The number of carbonyl (C=O) groups is 1. The maximum atomic E-state index is 10.7. The summed E-state index contributed by atoms with van der Waals surface area (Å²) in [6.07, 6.45) is 2.91. The molecule has 66 valence electrons. The molecule has 0 fully saturated rings. The van der Waals surface area contributed by atoms with Gasteiger partial charge >= 0.3 is 0 Å². The van der Waals surface area contributed by atoms with Crippen molar-refractivity contribution in [3.8, 4) is 5.75 Å². The van der Waals surface area contributed by atoms with E-state index in [4.69, 9.17) is 10.5 Å². The Labute approximate surface area is 76.1 Å². The Morgan fingerprint density at radius 2 is 2.33 bits per heavy atom. The third-order valence-corrected chi connectivity index (χ3v) is 1.27. The third kappa shape index (κ3) is 2.10. The smallest absolute Gasteiger partial charge is 0.254 e. The first-order chi connectivity index (χ1) is 5.25. The lowest BCUT2D eigenvalue weighted by atomic mass is 10.2. The van der Waals surface area contributed by atoms with Crippen molar-refractivity contribution in [2.75, 3.05) is 7.11 Å². The molecular formula is C7H9ClN2O2. The Bertz CT molecular complexity index is 278. The highest BCUT2D eigenvalue weighted by Gasteiger charge is 2.06. The van der Waals surface area contributed by atoms with E-state index < -0.39 is 5.91 Å². The van der Waals surface area contributed by atoms with Crippen LogP contribution in [-0.4, -0.2) is 18.0 Å². The van der Waals surface area contributed by atoms with Crippen LogP contribution in [0.4, 0.5) is 0 Å². The fourth-order valence-electron chi connectivity index (χ4n) is 0.745. The maximum absolute atomic E-state index is 10.7. The van der Waals surface area contributed by atoms with Crippen LogP contribution in [0, 0.1) is 0 Å². The number of carbonyl (C=O) groups excluding carboxylic acids is 1. The van der Waals surface area contributed by atoms with Gasteiger partial charge in [0.25, 0.3) is 5.91 Å². The molecule has 0 aromatic carbocycles. The van der Waals surface area contributed by atoms with Crippen molar-refractivity contribution in [3.05, 3.63) is 24.0 Å². The second kappa shape index (κ2) is 4.56. The van der Waals surface area contributed by atoms with Crippen molar-refractivity contribution in [2.24, 2.45) is 5.73 Å². The second-order valence-electron chi connectivity index (χ2n) is 1.94. The number of pyridine rings is 1. The molecule has 0 unspecified atom stereocenters. The fourth-order valence-corrected chi connectivity index (χ4v) is 0.745. The number of hydrogen-bond donors (Lipinski definition) is 1. The molecule has 4 nitrogen and oxygen atoms in total. The van der Waals surface area contributed by atoms with Gasteiger partial charge in [0, 0.05) is 12.4 Å². The van der Waals surface area contributed by atoms with Crippen molar-refractivity contribution in [1.82, 2.24) is 4.98 Å². The highest BCUT2D eigenvalue weighted by Crippen LogP contribution is 2.14. The fraction of sp³-hybridized carbons (Fsp3) is 0.143. The van der Waals surface area contributed by atoms with E-state index in [2.05, 4.69) is 4.98 Å². The van der Waals surface area contributed by atoms with E-state index in [0.717, 1.165) is 0 Å². The molecule has 5 heteroatoms. The van der Waals surface area contributed by atoms with Gasteiger partial charge in [-0.1, -0.05) is 0 Å². The van der Waals surface area contributed by atoms with Crippen LogP contribution in [0.5, 0.6) is 5.75 Å². The van der Waals surface area contributed by atoms with Crippen LogP contribution in [0.1, 0.15) is 10.4 Å². The molecule has 0 radical (unpaired) electrons.